The second-order valence-corrected chi connectivity index (χ2v) is 4.17. The first-order chi connectivity index (χ1) is 8.11. The molecule has 0 aromatic heterocycles. The molecule has 86 valence electrons. The highest BCUT2D eigenvalue weighted by Crippen LogP contribution is 2.33. The molecule has 0 radical (unpaired) electrons. The Morgan fingerprint density at radius 1 is 1.35 bits per heavy atom. The lowest BCUT2D eigenvalue weighted by molar-refractivity contribution is -0.131. The van der Waals surface area contributed by atoms with Crippen LogP contribution in [0, 0.1) is 0 Å². The van der Waals surface area contributed by atoms with Crippen LogP contribution < -0.4 is 4.74 Å². The van der Waals surface area contributed by atoms with Crippen molar-refractivity contribution in [3.8, 4) is 5.75 Å². The highest BCUT2D eigenvalue weighted by molar-refractivity contribution is 7.80. The van der Waals surface area contributed by atoms with Crippen molar-refractivity contribution in [3.05, 3.63) is 42.5 Å². The van der Waals surface area contributed by atoms with Crippen molar-refractivity contribution in [2.75, 3.05) is 0 Å². The molecule has 0 atom stereocenters. The summed E-state index contributed by atoms with van der Waals surface area (Å²) in [4.78, 5) is 11.7. The Kier molecular flexibility index (Phi) is 3.20. The first-order valence-electron chi connectivity index (χ1n) is 5.18. The molecule has 2 aromatic rings. The van der Waals surface area contributed by atoms with Crippen LogP contribution >= 0.6 is 12.6 Å². The smallest absolute Gasteiger partial charge is 0.308 e. The highest BCUT2D eigenvalue weighted by atomic mass is 32.1. The quantitative estimate of drug-likeness (QED) is 0.495. The number of thiol groups is 1. The zero-order valence-corrected chi connectivity index (χ0v) is 10.3. The lowest BCUT2D eigenvalue weighted by atomic mass is 10.1. The van der Waals surface area contributed by atoms with Crippen molar-refractivity contribution in [2.45, 2.75) is 11.8 Å². The predicted molar refractivity (Wildman–Crippen MR) is 72.6 cm³/mol. The summed E-state index contributed by atoms with van der Waals surface area (Å²) in [6, 6.07) is 9.58. The van der Waals surface area contributed by atoms with Gasteiger partial charge in [-0.1, -0.05) is 24.8 Å². The van der Waals surface area contributed by atoms with E-state index in [4.69, 9.17) is 4.74 Å². The van der Waals surface area contributed by atoms with Gasteiger partial charge in [0.1, 0.15) is 0 Å². The molecule has 0 fully saturated rings. The van der Waals surface area contributed by atoms with Crippen LogP contribution in [0.1, 0.15) is 12.5 Å². The van der Waals surface area contributed by atoms with Crippen molar-refractivity contribution in [3.63, 3.8) is 0 Å². The maximum Gasteiger partial charge on any atom is 0.308 e. The normalized spacial score (nSPS) is 10.2. The van der Waals surface area contributed by atoms with E-state index in [1.54, 1.807) is 6.08 Å². The number of hydrogen-bond acceptors (Lipinski definition) is 3. The van der Waals surface area contributed by atoms with E-state index in [2.05, 4.69) is 19.2 Å². The molecular formula is C14H12O2S. The molecule has 2 aromatic carbocycles. The van der Waals surface area contributed by atoms with E-state index in [1.165, 1.54) is 6.92 Å². The molecule has 0 aliphatic rings. The van der Waals surface area contributed by atoms with Crippen LogP contribution in [-0.2, 0) is 4.79 Å². The summed E-state index contributed by atoms with van der Waals surface area (Å²) in [6.07, 6.45) is 1.78. The van der Waals surface area contributed by atoms with Crippen LogP contribution in [0.5, 0.6) is 5.75 Å². The summed E-state index contributed by atoms with van der Waals surface area (Å²) in [5, 5.41) is 1.87. The Bertz CT molecular complexity index is 602. The van der Waals surface area contributed by atoms with E-state index in [-0.39, 0.29) is 5.97 Å². The van der Waals surface area contributed by atoms with Gasteiger partial charge in [0.2, 0.25) is 0 Å². The van der Waals surface area contributed by atoms with Gasteiger partial charge in [0.05, 0.1) is 0 Å². The number of ether oxygens (including phenoxy) is 1. The Morgan fingerprint density at radius 3 is 2.76 bits per heavy atom. The lowest BCUT2D eigenvalue weighted by Gasteiger charge is -2.09. The van der Waals surface area contributed by atoms with Crippen molar-refractivity contribution in [2.24, 2.45) is 0 Å². The minimum Gasteiger partial charge on any atom is -0.425 e. The van der Waals surface area contributed by atoms with Gasteiger partial charge in [-0.15, -0.1) is 12.6 Å². The first kappa shape index (κ1) is 11.7. The number of rotatable bonds is 2. The molecule has 0 aliphatic heterocycles. The number of hydrogen-bond donors (Lipinski definition) is 1. The number of esters is 1. The van der Waals surface area contributed by atoms with E-state index < -0.39 is 0 Å². The standard InChI is InChI=1S/C14H12O2S/c1-3-10-4-6-12-11(8-10)5-7-13(17)14(12)16-9(2)15/h3-8,17H,1H2,2H3. The van der Waals surface area contributed by atoms with Gasteiger partial charge >= 0.3 is 5.97 Å². The van der Waals surface area contributed by atoms with Crippen LogP contribution in [-0.4, -0.2) is 5.97 Å². The SMILES string of the molecule is C=Cc1ccc2c(OC(C)=O)c(S)ccc2c1. The molecule has 2 nitrogen and oxygen atoms in total. The van der Waals surface area contributed by atoms with Gasteiger partial charge in [0.25, 0.3) is 0 Å². The first-order valence-corrected chi connectivity index (χ1v) is 5.63. The van der Waals surface area contributed by atoms with Crippen LogP contribution in [0.3, 0.4) is 0 Å². The van der Waals surface area contributed by atoms with Gasteiger partial charge in [-0.05, 0) is 29.1 Å². The van der Waals surface area contributed by atoms with Gasteiger partial charge in [-0.25, -0.2) is 0 Å². The summed E-state index contributed by atoms with van der Waals surface area (Å²) in [6.45, 7) is 5.10. The molecule has 0 aliphatic carbocycles. The van der Waals surface area contributed by atoms with E-state index in [0.29, 0.717) is 10.6 Å². The molecule has 0 unspecified atom stereocenters. The number of fused-ring (bicyclic) bond motifs is 1. The molecule has 17 heavy (non-hydrogen) atoms. The van der Waals surface area contributed by atoms with Gasteiger partial charge in [0, 0.05) is 17.2 Å². The zero-order chi connectivity index (χ0) is 12.4. The molecule has 0 amide bonds. The van der Waals surface area contributed by atoms with Crippen molar-refractivity contribution in [1.29, 1.82) is 0 Å². The number of carbonyl (C=O) groups excluding carboxylic acids is 1. The van der Waals surface area contributed by atoms with Crippen molar-refractivity contribution < 1.29 is 9.53 Å². The third kappa shape index (κ3) is 2.34. The molecule has 0 saturated heterocycles. The zero-order valence-electron chi connectivity index (χ0n) is 9.43. The molecule has 2 rings (SSSR count). The van der Waals surface area contributed by atoms with Crippen LogP contribution in [0.4, 0.5) is 0 Å². The molecule has 0 bridgehead atoms. The van der Waals surface area contributed by atoms with Gasteiger partial charge in [-0.2, -0.15) is 0 Å². The molecule has 0 N–H and O–H groups in total. The van der Waals surface area contributed by atoms with Crippen molar-refractivity contribution in [1.82, 2.24) is 0 Å². The number of carbonyl (C=O) groups is 1. The maximum absolute atomic E-state index is 11.1. The fourth-order valence-electron chi connectivity index (χ4n) is 1.69. The third-order valence-electron chi connectivity index (χ3n) is 2.46. The lowest BCUT2D eigenvalue weighted by Crippen LogP contribution is -2.02. The Labute approximate surface area is 105 Å². The Balaban J connectivity index is 2.68. The minimum atomic E-state index is -0.347. The second-order valence-electron chi connectivity index (χ2n) is 3.69. The summed E-state index contributed by atoms with van der Waals surface area (Å²) in [5.74, 6) is 0.162. The molecule has 3 heteroatoms. The summed E-state index contributed by atoms with van der Waals surface area (Å²) >= 11 is 4.30. The predicted octanol–water partition coefficient (Wildman–Crippen LogP) is 3.70. The number of benzene rings is 2. The van der Waals surface area contributed by atoms with E-state index in [0.717, 1.165) is 16.3 Å². The third-order valence-corrected chi connectivity index (χ3v) is 2.81. The van der Waals surface area contributed by atoms with Crippen LogP contribution in [0.2, 0.25) is 0 Å². The van der Waals surface area contributed by atoms with Gasteiger partial charge < -0.3 is 4.74 Å². The van der Waals surface area contributed by atoms with E-state index in [1.807, 2.05) is 30.3 Å². The van der Waals surface area contributed by atoms with Crippen molar-refractivity contribution >= 4 is 35.4 Å². The van der Waals surface area contributed by atoms with E-state index in [9.17, 15) is 4.79 Å². The van der Waals surface area contributed by atoms with Gasteiger partial charge in [0.15, 0.2) is 5.75 Å². The van der Waals surface area contributed by atoms with Gasteiger partial charge in [-0.3, -0.25) is 4.79 Å². The minimum absolute atomic E-state index is 0.347. The molecule has 0 heterocycles. The van der Waals surface area contributed by atoms with E-state index >= 15 is 0 Å². The average molecular weight is 244 g/mol. The topological polar surface area (TPSA) is 26.3 Å². The summed E-state index contributed by atoms with van der Waals surface area (Å²) in [7, 11) is 0. The molecule has 0 spiro atoms. The van der Waals surface area contributed by atoms with Crippen LogP contribution in [0.25, 0.3) is 16.8 Å². The largest absolute Gasteiger partial charge is 0.425 e. The Hall–Kier alpha value is -1.74. The van der Waals surface area contributed by atoms with Crippen LogP contribution in [0.15, 0.2) is 41.8 Å². The second kappa shape index (κ2) is 4.63. The molecule has 0 saturated carbocycles. The summed E-state index contributed by atoms with van der Waals surface area (Å²) < 4.78 is 5.19. The monoisotopic (exact) mass is 244 g/mol. The average Bonchev–Trinajstić information content (AvgIpc) is 2.32. The fourth-order valence-corrected chi connectivity index (χ4v) is 1.93. The molecular weight excluding hydrogens is 232 g/mol. The summed E-state index contributed by atoms with van der Waals surface area (Å²) in [5.41, 5.74) is 1.03. The highest BCUT2D eigenvalue weighted by Gasteiger charge is 2.09. The fraction of sp³-hybridized carbons (Fsp3) is 0.0714. The Morgan fingerprint density at radius 2 is 2.12 bits per heavy atom. The maximum atomic E-state index is 11.1.